The van der Waals surface area contributed by atoms with E-state index in [0.717, 1.165) is 19.6 Å². The molecule has 0 spiro atoms. The Kier molecular flexibility index (Phi) is 5.31. The average molecular weight is 282 g/mol. The Morgan fingerprint density at radius 3 is 2.45 bits per heavy atom. The van der Waals surface area contributed by atoms with E-state index in [4.69, 9.17) is 4.74 Å². The van der Waals surface area contributed by atoms with Gasteiger partial charge in [-0.25, -0.2) is 0 Å². The lowest BCUT2D eigenvalue weighted by Gasteiger charge is -2.27. The van der Waals surface area contributed by atoms with Gasteiger partial charge in [0.05, 0.1) is 19.3 Å². The molecule has 1 atom stereocenters. The fourth-order valence-corrected chi connectivity index (χ4v) is 1.82. The molecule has 0 aromatic carbocycles. The minimum absolute atomic E-state index is 0.401. The van der Waals surface area contributed by atoms with Gasteiger partial charge in [-0.05, 0) is 13.8 Å². The van der Waals surface area contributed by atoms with E-state index in [2.05, 4.69) is 30.5 Å². The van der Waals surface area contributed by atoms with E-state index < -0.39 is 6.10 Å². The van der Waals surface area contributed by atoms with Crippen molar-refractivity contribution >= 4 is 17.8 Å². The number of morpholine rings is 1. The summed E-state index contributed by atoms with van der Waals surface area (Å²) in [5, 5.41) is 15.4. The highest BCUT2D eigenvalue weighted by molar-refractivity contribution is 5.44. The fourth-order valence-electron chi connectivity index (χ4n) is 1.82. The Labute approximate surface area is 118 Å². The number of aliphatic hydroxyl groups excluding tert-OH is 1. The third-order valence-electron chi connectivity index (χ3n) is 2.81. The van der Waals surface area contributed by atoms with Gasteiger partial charge in [0.2, 0.25) is 17.8 Å². The minimum atomic E-state index is -0.457. The van der Waals surface area contributed by atoms with Gasteiger partial charge >= 0.3 is 0 Å². The van der Waals surface area contributed by atoms with Crippen LogP contribution in [0.2, 0.25) is 0 Å². The Morgan fingerprint density at radius 1 is 1.20 bits per heavy atom. The second kappa shape index (κ2) is 7.20. The number of nitrogens with zero attached hydrogens (tertiary/aromatic N) is 4. The largest absolute Gasteiger partial charge is 0.392 e. The molecular formula is C12H22N6O2. The molecule has 0 saturated carbocycles. The van der Waals surface area contributed by atoms with Crippen molar-refractivity contribution in [1.29, 1.82) is 0 Å². The Bertz CT molecular complexity index is 422. The third kappa shape index (κ3) is 4.17. The van der Waals surface area contributed by atoms with E-state index >= 15 is 0 Å². The van der Waals surface area contributed by atoms with Crippen LogP contribution in [0.25, 0.3) is 0 Å². The zero-order valence-corrected chi connectivity index (χ0v) is 12.0. The molecule has 1 unspecified atom stereocenters. The molecule has 20 heavy (non-hydrogen) atoms. The summed E-state index contributed by atoms with van der Waals surface area (Å²) >= 11 is 0. The number of ether oxygens (including phenoxy) is 1. The Hall–Kier alpha value is -1.67. The summed E-state index contributed by atoms with van der Waals surface area (Å²) in [5.41, 5.74) is 0. The molecule has 1 fully saturated rings. The smallest absolute Gasteiger partial charge is 0.232 e. The van der Waals surface area contributed by atoms with Crippen molar-refractivity contribution in [3.63, 3.8) is 0 Å². The zero-order valence-electron chi connectivity index (χ0n) is 12.0. The van der Waals surface area contributed by atoms with E-state index in [9.17, 15) is 5.11 Å². The summed E-state index contributed by atoms with van der Waals surface area (Å²) in [6, 6.07) is 0. The maximum atomic E-state index is 9.33. The van der Waals surface area contributed by atoms with Gasteiger partial charge in [-0.15, -0.1) is 0 Å². The first-order valence-electron chi connectivity index (χ1n) is 6.93. The zero-order chi connectivity index (χ0) is 14.4. The average Bonchev–Trinajstić information content (AvgIpc) is 2.46. The SMILES string of the molecule is CCNc1nc(NCC(C)O)nc(N2CCOCC2)n1. The summed E-state index contributed by atoms with van der Waals surface area (Å²) in [7, 11) is 0. The summed E-state index contributed by atoms with van der Waals surface area (Å²) in [6.45, 7) is 7.73. The molecule has 3 N–H and O–H groups in total. The predicted octanol–water partition coefficient (Wildman–Crippen LogP) is -0.0673. The van der Waals surface area contributed by atoms with Crippen LogP contribution in [-0.2, 0) is 4.74 Å². The van der Waals surface area contributed by atoms with Gasteiger partial charge in [0.15, 0.2) is 0 Å². The first kappa shape index (κ1) is 14.7. The molecule has 2 rings (SSSR count). The second-order valence-electron chi connectivity index (χ2n) is 4.64. The lowest BCUT2D eigenvalue weighted by molar-refractivity contribution is 0.122. The molecule has 1 aliphatic heterocycles. The number of anilines is 3. The fraction of sp³-hybridized carbons (Fsp3) is 0.750. The maximum absolute atomic E-state index is 9.33. The van der Waals surface area contributed by atoms with Gasteiger partial charge in [-0.1, -0.05) is 0 Å². The summed E-state index contributed by atoms with van der Waals surface area (Å²) < 4.78 is 5.33. The molecule has 1 saturated heterocycles. The van der Waals surface area contributed by atoms with Crippen LogP contribution in [0.4, 0.5) is 17.8 Å². The lowest BCUT2D eigenvalue weighted by Crippen LogP contribution is -2.37. The quantitative estimate of drug-likeness (QED) is 0.667. The van der Waals surface area contributed by atoms with Gasteiger partial charge in [0, 0.05) is 26.2 Å². The number of aromatic nitrogens is 3. The highest BCUT2D eigenvalue weighted by Gasteiger charge is 2.16. The topological polar surface area (TPSA) is 95.4 Å². The van der Waals surface area contributed by atoms with Crippen LogP contribution in [0.3, 0.4) is 0 Å². The molecule has 2 heterocycles. The summed E-state index contributed by atoms with van der Waals surface area (Å²) in [6.07, 6.45) is -0.457. The van der Waals surface area contributed by atoms with E-state index in [-0.39, 0.29) is 0 Å². The predicted molar refractivity (Wildman–Crippen MR) is 77.2 cm³/mol. The summed E-state index contributed by atoms with van der Waals surface area (Å²) in [4.78, 5) is 15.2. The molecule has 0 bridgehead atoms. The molecule has 8 nitrogen and oxygen atoms in total. The van der Waals surface area contributed by atoms with Crippen LogP contribution >= 0.6 is 0 Å². The van der Waals surface area contributed by atoms with Crippen molar-refractivity contribution in [1.82, 2.24) is 15.0 Å². The van der Waals surface area contributed by atoms with Gasteiger partial charge in [-0.3, -0.25) is 0 Å². The van der Waals surface area contributed by atoms with Crippen LogP contribution in [-0.4, -0.2) is 65.6 Å². The molecule has 1 aromatic heterocycles. The van der Waals surface area contributed by atoms with Crippen LogP contribution < -0.4 is 15.5 Å². The normalized spacial score (nSPS) is 16.9. The maximum Gasteiger partial charge on any atom is 0.232 e. The molecule has 1 aliphatic rings. The molecule has 112 valence electrons. The Morgan fingerprint density at radius 2 is 1.85 bits per heavy atom. The van der Waals surface area contributed by atoms with Gasteiger partial charge in [0.25, 0.3) is 0 Å². The first-order valence-corrected chi connectivity index (χ1v) is 6.93. The molecule has 0 aliphatic carbocycles. The minimum Gasteiger partial charge on any atom is -0.392 e. The molecular weight excluding hydrogens is 260 g/mol. The number of nitrogens with one attached hydrogen (secondary N) is 2. The van der Waals surface area contributed by atoms with Crippen molar-refractivity contribution in [2.24, 2.45) is 0 Å². The van der Waals surface area contributed by atoms with Gasteiger partial charge in [0.1, 0.15) is 0 Å². The first-order chi connectivity index (χ1) is 9.69. The van der Waals surface area contributed by atoms with Crippen molar-refractivity contribution < 1.29 is 9.84 Å². The highest BCUT2D eigenvalue weighted by atomic mass is 16.5. The van der Waals surface area contributed by atoms with Crippen LogP contribution in [0.1, 0.15) is 13.8 Å². The number of hydrogen-bond donors (Lipinski definition) is 3. The van der Waals surface area contributed by atoms with Crippen LogP contribution in [0.15, 0.2) is 0 Å². The number of rotatable bonds is 6. The van der Waals surface area contributed by atoms with E-state index in [1.165, 1.54) is 0 Å². The molecule has 0 radical (unpaired) electrons. The van der Waals surface area contributed by atoms with Gasteiger partial charge in [-0.2, -0.15) is 15.0 Å². The second-order valence-corrected chi connectivity index (χ2v) is 4.64. The Balaban J connectivity index is 2.15. The molecule has 8 heteroatoms. The number of hydrogen-bond acceptors (Lipinski definition) is 8. The van der Waals surface area contributed by atoms with E-state index in [0.29, 0.717) is 37.6 Å². The standard InChI is InChI=1S/C12H22N6O2/c1-3-13-10-15-11(14-8-9(2)19)17-12(16-10)18-4-6-20-7-5-18/h9,19H,3-8H2,1-2H3,(H2,13,14,15,16,17). The van der Waals surface area contributed by atoms with Crippen molar-refractivity contribution in [3.05, 3.63) is 0 Å². The summed E-state index contributed by atoms with van der Waals surface area (Å²) in [5.74, 6) is 1.64. The number of aliphatic hydroxyl groups is 1. The highest BCUT2D eigenvalue weighted by Crippen LogP contribution is 2.14. The van der Waals surface area contributed by atoms with Gasteiger partial charge < -0.3 is 25.4 Å². The van der Waals surface area contributed by atoms with Crippen LogP contribution in [0.5, 0.6) is 0 Å². The van der Waals surface area contributed by atoms with Crippen molar-refractivity contribution in [2.45, 2.75) is 20.0 Å². The van der Waals surface area contributed by atoms with E-state index in [1.54, 1.807) is 6.92 Å². The van der Waals surface area contributed by atoms with E-state index in [1.807, 2.05) is 6.92 Å². The monoisotopic (exact) mass is 282 g/mol. The van der Waals surface area contributed by atoms with Crippen molar-refractivity contribution in [2.75, 3.05) is 54.9 Å². The molecule has 1 aromatic rings. The van der Waals surface area contributed by atoms with Crippen molar-refractivity contribution in [3.8, 4) is 0 Å². The third-order valence-corrected chi connectivity index (χ3v) is 2.81. The van der Waals surface area contributed by atoms with Crippen LogP contribution in [0, 0.1) is 0 Å². The molecule has 0 amide bonds. The lowest BCUT2D eigenvalue weighted by atomic mass is 10.4.